The maximum atomic E-state index is 12.4. The van der Waals surface area contributed by atoms with Gasteiger partial charge in [-0.1, -0.05) is 0 Å². The van der Waals surface area contributed by atoms with Gasteiger partial charge in [0.2, 0.25) is 15.3 Å². The van der Waals surface area contributed by atoms with Gasteiger partial charge in [-0.2, -0.15) is 0 Å². The molecular weight excluding hydrogens is 300 g/mol. The highest BCUT2D eigenvalue weighted by atomic mass is 35.5. The van der Waals surface area contributed by atoms with Crippen molar-refractivity contribution in [2.45, 2.75) is 17.7 Å². The maximum absolute atomic E-state index is 12.4. The van der Waals surface area contributed by atoms with Crippen molar-refractivity contribution in [3.05, 3.63) is 17.7 Å². The molecule has 0 aliphatic carbocycles. The maximum Gasteiger partial charge on any atom is 0.245 e. The minimum atomic E-state index is -3.53. The second kappa shape index (κ2) is 6.34. The number of sulfonamides is 1. The second-order valence-corrected chi connectivity index (χ2v) is 7.60. The lowest BCUT2D eigenvalue weighted by Gasteiger charge is -2.31. The standard InChI is InChI=1S/C12H19ClN4O2S/c1-16-5-3-10(4-6-16)9-17(2)20(18,19)11-7-14-12(13)15-8-11/h7-8,10H,3-6,9H2,1-2H3. The van der Waals surface area contributed by atoms with Crippen LogP contribution in [-0.2, 0) is 10.0 Å². The molecule has 1 aliphatic heterocycles. The molecule has 1 aromatic rings. The minimum Gasteiger partial charge on any atom is -0.306 e. The van der Waals surface area contributed by atoms with Gasteiger partial charge in [0.1, 0.15) is 4.90 Å². The zero-order valence-electron chi connectivity index (χ0n) is 11.7. The summed E-state index contributed by atoms with van der Waals surface area (Å²) in [5.41, 5.74) is 0. The normalized spacial score (nSPS) is 18.6. The van der Waals surface area contributed by atoms with E-state index >= 15 is 0 Å². The molecule has 0 spiro atoms. The molecule has 20 heavy (non-hydrogen) atoms. The van der Waals surface area contributed by atoms with E-state index in [1.807, 2.05) is 0 Å². The molecule has 2 rings (SSSR count). The molecule has 1 fully saturated rings. The van der Waals surface area contributed by atoms with Gasteiger partial charge < -0.3 is 4.90 Å². The molecule has 8 heteroatoms. The van der Waals surface area contributed by atoms with E-state index in [1.165, 1.54) is 16.7 Å². The third-order valence-electron chi connectivity index (χ3n) is 3.66. The van der Waals surface area contributed by atoms with Crippen LogP contribution in [0.1, 0.15) is 12.8 Å². The predicted molar refractivity (Wildman–Crippen MR) is 77.1 cm³/mol. The van der Waals surface area contributed by atoms with Crippen LogP contribution in [0.5, 0.6) is 0 Å². The Kier molecular flexibility index (Phi) is 4.95. The molecule has 1 aliphatic rings. The molecular formula is C12H19ClN4O2S. The average Bonchev–Trinajstić information content (AvgIpc) is 2.42. The van der Waals surface area contributed by atoms with Crippen molar-refractivity contribution >= 4 is 21.6 Å². The highest BCUT2D eigenvalue weighted by molar-refractivity contribution is 7.89. The Balaban J connectivity index is 2.04. The van der Waals surface area contributed by atoms with Gasteiger partial charge in [0.15, 0.2) is 0 Å². The van der Waals surface area contributed by atoms with Crippen molar-refractivity contribution in [1.29, 1.82) is 0 Å². The van der Waals surface area contributed by atoms with Crippen LogP contribution in [0.2, 0.25) is 5.28 Å². The zero-order chi connectivity index (χ0) is 14.8. The molecule has 1 aromatic heterocycles. The Bertz CT molecular complexity index is 541. The molecule has 0 N–H and O–H groups in total. The largest absolute Gasteiger partial charge is 0.306 e. The topological polar surface area (TPSA) is 66.4 Å². The third kappa shape index (κ3) is 3.66. The zero-order valence-corrected chi connectivity index (χ0v) is 13.2. The van der Waals surface area contributed by atoms with Crippen LogP contribution in [0.4, 0.5) is 0 Å². The summed E-state index contributed by atoms with van der Waals surface area (Å²) >= 11 is 5.58. The summed E-state index contributed by atoms with van der Waals surface area (Å²) < 4.78 is 26.1. The summed E-state index contributed by atoms with van der Waals surface area (Å²) in [4.78, 5) is 9.80. The van der Waals surface area contributed by atoms with Crippen molar-refractivity contribution in [1.82, 2.24) is 19.2 Å². The van der Waals surface area contributed by atoms with Crippen molar-refractivity contribution in [2.75, 3.05) is 33.7 Å². The van der Waals surface area contributed by atoms with E-state index in [1.54, 1.807) is 7.05 Å². The number of nitrogens with zero attached hydrogens (tertiary/aromatic N) is 4. The number of hydrogen-bond donors (Lipinski definition) is 0. The van der Waals surface area contributed by atoms with Crippen molar-refractivity contribution in [3.63, 3.8) is 0 Å². The molecule has 0 unspecified atom stereocenters. The van der Waals surface area contributed by atoms with Crippen molar-refractivity contribution < 1.29 is 8.42 Å². The number of rotatable bonds is 4. The van der Waals surface area contributed by atoms with Gasteiger partial charge in [-0.05, 0) is 50.5 Å². The number of halogens is 1. The molecule has 0 saturated carbocycles. The van der Waals surface area contributed by atoms with Crippen LogP contribution in [0, 0.1) is 5.92 Å². The number of likely N-dealkylation sites (tertiary alicyclic amines) is 1. The molecule has 112 valence electrons. The monoisotopic (exact) mass is 318 g/mol. The number of hydrogen-bond acceptors (Lipinski definition) is 5. The summed E-state index contributed by atoms with van der Waals surface area (Å²) in [7, 11) is 0.152. The van der Waals surface area contributed by atoms with Crippen LogP contribution >= 0.6 is 11.6 Å². The Morgan fingerprint density at radius 2 is 1.90 bits per heavy atom. The van der Waals surface area contributed by atoms with Gasteiger partial charge in [0, 0.05) is 13.6 Å². The molecule has 0 bridgehead atoms. The van der Waals surface area contributed by atoms with Gasteiger partial charge in [0.25, 0.3) is 0 Å². The van der Waals surface area contributed by atoms with E-state index in [4.69, 9.17) is 11.6 Å². The van der Waals surface area contributed by atoms with Crippen molar-refractivity contribution in [2.24, 2.45) is 5.92 Å². The summed E-state index contributed by atoms with van der Waals surface area (Å²) in [6.07, 6.45) is 4.53. The molecule has 0 radical (unpaired) electrons. The van der Waals surface area contributed by atoms with E-state index < -0.39 is 10.0 Å². The number of aromatic nitrogens is 2. The van der Waals surface area contributed by atoms with Crippen molar-refractivity contribution in [3.8, 4) is 0 Å². The van der Waals surface area contributed by atoms with Gasteiger partial charge in [0.05, 0.1) is 12.4 Å². The van der Waals surface area contributed by atoms with Crippen LogP contribution < -0.4 is 0 Å². The Hall–Kier alpha value is -0.760. The fourth-order valence-corrected chi connectivity index (χ4v) is 3.56. The predicted octanol–water partition coefficient (Wildman–Crippen LogP) is 1.09. The molecule has 0 amide bonds. The van der Waals surface area contributed by atoms with Crippen LogP contribution in [-0.4, -0.2) is 61.3 Å². The first-order valence-corrected chi connectivity index (χ1v) is 8.34. The average molecular weight is 319 g/mol. The van der Waals surface area contributed by atoms with E-state index in [9.17, 15) is 8.42 Å². The lowest BCUT2D eigenvalue weighted by Crippen LogP contribution is -2.38. The Morgan fingerprint density at radius 3 is 2.45 bits per heavy atom. The molecule has 1 saturated heterocycles. The Morgan fingerprint density at radius 1 is 1.35 bits per heavy atom. The highest BCUT2D eigenvalue weighted by Crippen LogP contribution is 2.20. The van der Waals surface area contributed by atoms with Gasteiger partial charge >= 0.3 is 0 Å². The van der Waals surface area contributed by atoms with Gasteiger partial charge in [-0.15, -0.1) is 0 Å². The van der Waals surface area contributed by atoms with Crippen LogP contribution in [0.15, 0.2) is 17.3 Å². The van der Waals surface area contributed by atoms with Crippen LogP contribution in [0.25, 0.3) is 0 Å². The minimum absolute atomic E-state index is 0.0434. The Labute approximate surface area is 124 Å². The first kappa shape index (κ1) is 15.6. The molecule has 2 heterocycles. The van der Waals surface area contributed by atoms with E-state index in [2.05, 4.69) is 21.9 Å². The summed E-state index contributed by atoms with van der Waals surface area (Å²) in [5, 5.41) is 0.0434. The quantitative estimate of drug-likeness (QED) is 0.778. The fraction of sp³-hybridized carbons (Fsp3) is 0.667. The van der Waals surface area contributed by atoms with Crippen LogP contribution in [0.3, 0.4) is 0 Å². The van der Waals surface area contributed by atoms with Gasteiger partial charge in [-0.3, -0.25) is 0 Å². The highest BCUT2D eigenvalue weighted by Gasteiger charge is 2.26. The van der Waals surface area contributed by atoms with E-state index in [0.29, 0.717) is 12.5 Å². The summed E-state index contributed by atoms with van der Waals surface area (Å²) in [5.74, 6) is 0.402. The second-order valence-electron chi connectivity index (χ2n) is 5.22. The van der Waals surface area contributed by atoms with E-state index in [-0.39, 0.29) is 10.2 Å². The molecule has 0 atom stereocenters. The van der Waals surface area contributed by atoms with Gasteiger partial charge in [-0.25, -0.2) is 22.7 Å². The third-order valence-corrected chi connectivity index (χ3v) is 5.63. The first-order valence-electron chi connectivity index (χ1n) is 6.52. The smallest absolute Gasteiger partial charge is 0.245 e. The molecule has 6 nitrogen and oxygen atoms in total. The summed E-state index contributed by atoms with van der Waals surface area (Å²) in [6, 6.07) is 0. The number of piperidine rings is 1. The molecule has 0 aromatic carbocycles. The summed E-state index contributed by atoms with van der Waals surface area (Å²) in [6.45, 7) is 2.56. The lowest BCUT2D eigenvalue weighted by molar-refractivity contribution is 0.202. The van der Waals surface area contributed by atoms with E-state index in [0.717, 1.165) is 25.9 Å². The lowest BCUT2D eigenvalue weighted by atomic mass is 9.97. The SMILES string of the molecule is CN1CCC(CN(C)S(=O)(=O)c2cnc(Cl)nc2)CC1. The fourth-order valence-electron chi connectivity index (χ4n) is 2.32. The first-order chi connectivity index (χ1) is 9.39.